The minimum absolute atomic E-state index is 0.138. The minimum atomic E-state index is -0.719. The van der Waals surface area contributed by atoms with Crippen molar-refractivity contribution in [3.8, 4) is 22.8 Å². The van der Waals surface area contributed by atoms with Crippen molar-refractivity contribution in [1.82, 2.24) is 14.9 Å². The molecule has 0 spiro atoms. The second-order valence-electron chi connectivity index (χ2n) is 11.3. The normalized spacial score (nSPS) is 18.0. The fourth-order valence-electron chi connectivity index (χ4n) is 6.15. The summed E-state index contributed by atoms with van der Waals surface area (Å²) in [5.41, 5.74) is 3.91. The summed E-state index contributed by atoms with van der Waals surface area (Å²) in [6, 6.07) is 15.1. The van der Waals surface area contributed by atoms with Crippen molar-refractivity contribution >= 4 is 11.6 Å². The highest BCUT2D eigenvalue weighted by molar-refractivity contribution is 5.99. The molecule has 0 bridgehead atoms. The van der Waals surface area contributed by atoms with Gasteiger partial charge in [0.2, 0.25) is 0 Å². The van der Waals surface area contributed by atoms with Crippen molar-refractivity contribution in [2.24, 2.45) is 0 Å². The molecule has 2 aromatic carbocycles. The van der Waals surface area contributed by atoms with Crippen LogP contribution < -0.4 is 14.4 Å². The molecule has 1 amide bonds. The summed E-state index contributed by atoms with van der Waals surface area (Å²) in [4.78, 5) is 27.2. The van der Waals surface area contributed by atoms with Crippen LogP contribution in [0.25, 0.3) is 11.3 Å². The molecule has 8 nitrogen and oxygen atoms in total. The topological polar surface area (TPSA) is 77.0 Å². The minimum Gasteiger partial charge on any atom is -0.497 e. The number of carbonyl (C=O) groups excluding carboxylic acids is 1. The molecule has 0 saturated carbocycles. The van der Waals surface area contributed by atoms with Gasteiger partial charge in [0.25, 0.3) is 5.91 Å². The van der Waals surface area contributed by atoms with Gasteiger partial charge in [0.15, 0.2) is 0 Å². The summed E-state index contributed by atoms with van der Waals surface area (Å²) in [6.45, 7) is 5.96. The van der Waals surface area contributed by atoms with Crippen LogP contribution in [-0.2, 0) is 24.2 Å². The quantitative estimate of drug-likeness (QED) is 0.253. The number of hydrogen-bond donors (Lipinski definition) is 0. The van der Waals surface area contributed by atoms with Gasteiger partial charge in [-0.1, -0.05) is 6.07 Å². The number of benzene rings is 2. The highest BCUT2D eigenvalue weighted by atomic mass is 19.1. The molecule has 2 aliphatic heterocycles. The lowest BCUT2D eigenvalue weighted by Crippen LogP contribution is -2.49. The van der Waals surface area contributed by atoms with E-state index >= 15 is 0 Å². The standard InChI is InChI=1S/C34H34F2N4O4/c1-20-18-44-19-21(2)40(20)25-10-9-24(37-15-25)12-23-13-29(33-27(35)6-5-7-28(33)36)38-30-17-39(34(41)32(23)30)16-22-8-11-26(42-3)14-31(22)43-4/h5-11,13-15,20-21H,12,16-19H2,1-4H3/t20-,21-/m1/s1. The number of amides is 1. The number of morpholine rings is 1. The summed E-state index contributed by atoms with van der Waals surface area (Å²) in [6.07, 6.45) is 2.12. The number of fused-ring (bicyclic) bond motifs is 1. The van der Waals surface area contributed by atoms with E-state index < -0.39 is 11.6 Å². The van der Waals surface area contributed by atoms with Crippen LogP contribution in [0.2, 0.25) is 0 Å². The second kappa shape index (κ2) is 12.2. The van der Waals surface area contributed by atoms with Crippen molar-refractivity contribution in [3.63, 3.8) is 0 Å². The third-order valence-corrected chi connectivity index (χ3v) is 8.24. The predicted octanol–water partition coefficient (Wildman–Crippen LogP) is 5.80. The van der Waals surface area contributed by atoms with Gasteiger partial charge in [0.05, 0.1) is 74.9 Å². The molecule has 6 rings (SSSR count). The predicted molar refractivity (Wildman–Crippen MR) is 162 cm³/mol. The Bertz CT molecular complexity index is 1670. The molecular weight excluding hydrogens is 566 g/mol. The Morgan fingerprint density at radius 1 is 0.932 bits per heavy atom. The van der Waals surface area contributed by atoms with E-state index in [1.165, 1.54) is 18.2 Å². The molecule has 0 N–H and O–H groups in total. The van der Waals surface area contributed by atoms with Crippen molar-refractivity contribution in [1.29, 1.82) is 0 Å². The average molecular weight is 601 g/mol. The fraction of sp³-hybridized carbons (Fsp3) is 0.324. The number of methoxy groups -OCH3 is 2. The molecule has 0 radical (unpaired) electrons. The highest BCUT2D eigenvalue weighted by Crippen LogP contribution is 2.35. The summed E-state index contributed by atoms with van der Waals surface area (Å²) in [7, 11) is 3.14. The molecule has 10 heteroatoms. The van der Waals surface area contributed by atoms with Gasteiger partial charge in [-0.05, 0) is 61.9 Å². The number of anilines is 1. The first-order valence-electron chi connectivity index (χ1n) is 14.6. The summed E-state index contributed by atoms with van der Waals surface area (Å²) in [5, 5.41) is 0. The summed E-state index contributed by atoms with van der Waals surface area (Å²) < 4.78 is 46.3. The van der Waals surface area contributed by atoms with Crippen LogP contribution in [0, 0.1) is 11.6 Å². The number of pyridine rings is 2. The van der Waals surface area contributed by atoms with Crippen molar-refractivity contribution in [3.05, 3.63) is 101 Å². The number of halogens is 2. The van der Waals surface area contributed by atoms with Crippen LogP contribution in [0.15, 0.2) is 60.8 Å². The Balaban J connectivity index is 1.36. The van der Waals surface area contributed by atoms with Crippen molar-refractivity contribution in [2.45, 2.75) is 45.4 Å². The monoisotopic (exact) mass is 600 g/mol. The van der Waals surface area contributed by atoms with E-state index in [9.17, 15) is 13.6 Å². The first-order valence-corrected chi connectivity index (χ1v) is 14.6. The lowest BCUT2D eigenvalue weighted by molar-refractivity contribution is 0.0756. The van der Waals surface area contributed by atoms with Crippen LogP contribution in [0.3, 0.4) is 0 Å². The summed E-state index contributed by atoms with van der Waals surface area (Å²) in [5.74, 6) is -0.428. The van der Waals surface area contributed by atoms with Crippen LogP contribution in [0.5, 0.6) is 11.5 Å². The largest absolute Gasteiger partial charge is 0.497 e. The SMILES string of the molecule is COc1ccc(CN2Cc3nc(-c4c(F)cccc4F)cc(Cc4ccc(N5[C@H](C)COC[C@H]5C)cn4)c3C2=O)c(OC)c1. The van der Waals surface area contributed by atoms with Gasteiger partial charge in [0, 0.05) is 35.8 Å². The number of nitrogens with zero attached hydrogens (tertiary/aromatic N) is 4. The lowest BCUT2D eigenvalue weighted by atomic mass is 9.98. The maximum Gasteiger partial charge on any atom is 0.256 e. The van der Waals surface area contributed by atoms with Crippen LogP contribution >= 0.6 is 0 Å². The van der Waals surface area contributed by atoms with E-state index in [0.29, 0.717) is 41.5 Å². The Hall–Kier alpha value is -4.57. The van der Waals surface area contributed by atoms with Gasteiger partial charge in [-0.3, -0.25) is 9.78 Å². The van der Waals surface area contributed by atoms with Crippen LogP contribution in [0.1, 0.15) is 46.7 Å². The van der Waals surface area contributed by atoms with E-state index in [1.54, 1.807) is 31.3 Å². The molecule has 2 atom stereocenters. The molecule has 4 aromatic rings. The Kier molecular flexibility index (Phi) is 8.18. The highest BCUT2D eigenvalue weighted by Gasteiger charge is 2.33. The van der Waals surface area contributed by atoms with Crippen molar-refractivity contribution < 1.29 is 27.8 Å². The molecule has 0 unspecified atom stereocenters. The van der Waals surface area contributed by atoms with Gasteiger partial charge in [-0.25, -0.2) is 13.8 Å². The third kappa shape index (κ3) is 5.57. The Morgan fingerprint density at radius 2 is 1.68 bits per heavy atom. The molecule has 4 heterocycles. The van der Waals surface area contributed by atoms with Crippen LogP contribution in [-0.4, -0.2) is 60.3 Å². The number of rotatable bonds is 8. The third-order valence-electron chi connectivity index (χ3n) is 8.24. The number of ether oxygens (including phenoxy) is 3. The van der Waals surface area contributed by atoms with E-state index in [-0.39, 0.29) is 48.8 Å². The number of hydrogen-bond acceptors (Lipinski definition) is 7. The zero-order valence-corrected chi connectivity index (χ0v) is 25.1. The molecular formula is C34H34F2N4O4. The average Bonchev–Trinajstić information content (AvgIpc) is 3.32. The maximum atomic E-state index is 14.9. The molecule has 0 aliphatic carbocycles. The first-order chi connectivity index (χ1) is 21.3. The first kappa shape index (κ1) is 29.5. The van der Waals surface area contributed by atoms with Gasteiger partial charge in [-0.2, -0.15) is 0 Å². The molecule has 2 aromatic heterocycles. The Morgan fingerprint density at radius 3 is 2.34 bits per heavy atom. The molecule has 1 fully saturated rings. The molecule has 1 saturated heterocycles. The lowest BCUT2D eigenvalue weighted by Gasteiger charge is -2.40. The molecule has 228 valence electrons. The van der Waals surface area contributed by atoms with E-state index in [1.807, 2.05) is 30.5 Å². The zero-order chi connectivity index (χ0) is 31.0. The van der Waals surface area contributed by atoms with E-state index in [2.05, 4.69) is 23.7 Å². The number of aromatic nitrogens is 2. The molecule has 2 aliphatic rings. The summed E-state index contributed by atoms with van der Waals surface area (Å²) >= 11 is 0. The van der Waals surface area contributed by atoms with Crippen molar-refractivity contribution in [2.75, 3.05) is 32.3 Å². The van der Waals surface area contributed by atoms with E-state index in [4.69, 9.17) is 19.2 Å². The fourth-order valence-corrected chi connectivity index (χ4v) is 6.15. The van der Waals surface area contributed by atoms with Crippen LogP contribution in [0.4, 0.5) is 14.5 Å². The second-order valence-corrected chi connectivity index (χ2v) is 11.3. The van der Waals surface area contributed by atoms with Gasteiger partial charge in [0.1, 0.15) is 23.1 Å². The number of carbonyl (C=O) groups is 1. The maximum absolute atomic E-state index is 14.9. The zero-order valence-electron chi connectivity index (χ0n) is 25.1. The van der Waals surface area contributed by atoms with Gasteiger partial charge < -0.3 is 24.0 Å². The van der Waals surface area contributed by atoms with Gasteiger partial charge >= 0.3 is 0 Å². The van der Waals surface area contributed by atoms with Gasteiger partial charge in [-0.15, -0.1) is 0 Å². The Labute approximate surface area is 255 Å². The molecule has 44 heavy (non-hydrogen) atoms. The van der Waals surface area contributed by atoms with E-state index in [0.717, 1.165) is 16.9 Å². The smallest absolute Gasteiger partial charge is 0.256 e.